The molecule has 1 saturated heterocycles. The second kappa shape index (κ2) is 9.55. The van der Waals surface area contributed by atoms with Gasteiger partial charge in [0, 0.05) is 31.0 Å². The molecule has 25 heavy (non-hydrogen) atoms. The Labute approximate surface area is 152 Å². The van der Waals surface area contributed by atoms with Crippen molar-refractivity contribution in [1.82, 2.24) is 4.90 Å². The Hall–Kier alpha value is -1.11. The molecule has 1 aromatic rings. The zero-order valence-electron chi connectivity index (χ0n) is 16.1. The summed E-state index contributed by atoms with van der Waals surface area (Å²) in [6.45, 7) is 12.7. The number of benzene rings is 1. The van der Waals surface area contributed by atoms with E-state index in [-0.39, 0.29) is 11.4 Å². The molecule has 0 saturated carbocycles. The lowest BCUT2D eigenvalue weighted by Crippen LogP contribution is -2.44. The molecule has 0 amide bonds. The van der Waals surface area contributed by atoms with Crippen molar-refractivity contribution in [3.8, 4) is 0 Å². The summed E-state index contributed by atoms with van der Waals surface area (Å²) in [5, 5.41) is 3.33. The molecule has 0 bridgehead atoms. The van der Waals surface area contributed by atoms with Crippen LogP contribution in [0.1, 0.15) is 47.0 Å². The van der Waals surface area contributed by atoms with E-state index in [0.29, 0.717) is 12.1 Å². The Morgan fingerprint density at radius 2 is 1.92 bits per heavy atom. The highest BCUT2D eigenvalue weighted by Crippen LogP contribution is 2.17. The molecule has 1 aliphatic heterocycles. The van der Waals surface area contributed by atoms with Crippen LogP contribution in [-0.4, -0.2) is 50.4 Å². The van der Waals surface area contributed by atoms with Gasteiger partial charge in [-0.1, -0.05) is 6.92 Å². The normalized spacial score (nSPS) is 15.6. The maximum Gasteiger partial charge on any atom is 0.494 e. The third kappa shape index (κ3) is 6.61. The van der Waals surface area contributed by atoms with Gasteiger partial charge < -0.3 is 19.5 Å². The monoisotopic (exact) mass is 350 g/mol. The molecule has 0 aromatic heterocycles. The maximum absolute atomic E-state index is 14.1. The number of hydrogen-bond acceptors (Lipinski definition) is 4. The van der Waals surface area contributed by atoms with E-state index in [2.05, 4.69) is 17.1 Å². The lowest BCUT2D eigenvalue weighted by Gasteiger charge is -2.28. The van der Waals surface area contributed by atoms with Gasteiger partial charge in [-0.2, -0.15) is 0 Å². The van der Waals surface area contributed by atoms with E-state index in [0.717, 1.165) is 25.2 Å². The van der Waals surface area contributed by atoms with Crippen LogP contribution in [0, 0.1) is 5.82 Å². The zero-order valence-corrected chi connectivity index (χ0v) is 16.1. The number of likely N-dealkylation sites (tertiary alicyclic amines) is 1. The Kier molecular flexibility index (Phi) is 7.72. The highest BCUT2D eigenvalue weighted by Gasteiger charge is 2.29. The summed E-state index contributed by atoms with van der Waals surface area (Å²) < 4.78 is 25.9. The van der Waals surface area contributed by atoms with Crippen LogP contribution in [0.5, 0.6) is 0 Å². The summed E-state index contributed by atoms with van der Waals surface area (Å²) in [6.07, 6.45) is 3.42. The van der Waals surface area contributed by atoms with E-state index in [1.807, 2.05) is 26.8 Å². The van der Waals surface area contributed by atoms with Crippen molar-refractivity contribution in [2.45, 2.75) is 52.6 Å². The van der Waals surface area contributed by atoms with Crippen molar-refractivity contribution in [1.29, 1.82) is 0 Å². The molecule has 4 nitrogen and oxygen atoms in total. The summed E-state index contributed by atoms with van der Waals surface area (Å²) in [5.41, 5.74) is 1.17. The first-order valence-electron chi connectivity index (χ1n) is 9.49. The minimum atomic E-state index is -0.560. The second-order valence-electron chi connectivity index (χ2n) is 7.27. The smallest absolute Gasteiger partial charge is 0.408 e. The van der Waals surface area contributed by atoms with Gasteiger partial charge in [0.25, 0.3) is 0 Å². The lowest BCUT2D eigenvalue weighted by molar-refractivity contribution is 0.0706. The van der Waals surface area contributed by atoms with E-state index in [1.54, 1.807) is 0 Å². The molecule has 6 heteroatoms. The summed E-state index contributed by atoms with van der Waals surface area (Å²) in [4.78, 5) is 2.43. The topological polar surface area (TPSA) is 33.7 Å². The fraction of sp³-hybridized carbons (Fsp3) is 0.684. The van der Waals surface area contributed by atoms with Crippen molar-refractivity contribution >= 4 is 18.3 Å². The van der Waals surface area contributed by atoms with E-state index in [1.165, 1.54) is 38.1 Å². The van der Waals surface area contributed by atoms with Crippen LogP contribution in [0.15, 0.2) is 18.2 Å². The van der Waals surface area contributed by atoms with Gasteiger partial charge in [-0.25, -0.2) is 4.39 Å². The first-order valence-corrected chi connectivity index (χ1v) is 9.49. The van der Waals surface area contributed by atoms with Gasteiger partial charge in [-0.3, -0.25) is 0 Å². The molecular formula is C19H32BFN2O2. The first kappa shape index (κ1) is 20.2. The molecule has 0 spiro atoms. The average Bonchev–Trinajstić information content (AvgIpc) is 3.07. The van der Waals surface area contributed by atoms with Crippen molar-refractivity contribution in [3.63, 3.8) is 0 Å². The quantitative estimate of drug-likeness (QED) is 0.657. The zero-order chi connectivity index (χ0) is 18.3. The van der Waals surface area contributed by atoms with Crippen LogP contribution in [0.4, 0.5) is 10.1 Å². The van der Waals surface area contributed by atoms with Crippen LogP contribution in [0.2, 0.25) is 0 Å². The Morgan fingerprint density at radius 1 is 1.20 bits per heavy atom. The summed E-state index contributed by atoms with van der Waals surface area (Å²) in [7, 11) is -0.560. The molecule has 140 valence electrons. The highest BCUT2D eigenvalue weighted by atomic mass is 19.1. The molecule has 1 aliphatic rings. The van der Waals surface area contributed by atoms with Gasteiger partial charge in [0.2, 0.25) is 0 Å². The predicted molar refractivity (Wildman–Crippen MR) is 103 cm³/mol. The van der Waals surface area contributed by atoms with Crippen LogP contribution in [0.3, 0.4) is 0 Å². The minimum absolute atomic E-state index is 0.274. The fourth-order valence-electron chi connectivity index (χ4n) is 2.94. The van der Waals surface area contributed by atoms with Crippen molar-refractivity contribution in [2.24, 2.45) is 0 Å². The maximum atomic E-state index is 14.1. The number of hydrogen-bond donors (Lipinski definition) is 1. The first-order chi connectivity index (χ1) is 11.9. The van der Waals surface area contributed by atoms with Crippen molar-refractivity contribution < 1.29 is 13.7 Å². The third-order valence-corrected chi connectivity index (χ3v) is 4.74. The van der Waals surface area contributed by atoms with Crippen molar-refractivity contribution in [3.05, 3.63) is 24.0 Å². The van der Waals surface area contributed by atoms with Gasteiger partial charge in [0.05, 0.1) is 0 Å². The van der Waals surface area contributed by atoms with E-state index in [9.17, 15) is 4.39 Å². The predicted octanol–water partition coefficient (Wildman–Crippen LogP) is 3.27. The summed E-state index contributed by atoms with van der Waals surface area (Å²) in [5.74, 6) is -0.274. The molecular weight excluding hydrogens is 318 g/mol. The van der Waals surface area contributed by atoms with E-state index < -0.39 is 7.12 Å². The largest absolute Gasteiger partial charge is 0.494 e. The summed E-state index contributed by atoms with van der Waals surface area (Å²) in [6, 6.07) is 4.96. The Bertz CT molecular complexity index is 536. The van der Waals surface area contributed by atoms with Crippen molar-refractivity contribution in [2.75, 3.05) is 38.1 Å². The number of halogens is 1. The fourth-order valence-corrected chi connectivity index (χ4v) is 2.94. The lowest BCUT2D eigenvalue weighted by atomic mass is 9.77. The number of anilines is 1. The Balaban J connectivity index is 2.03. The summed E-state index contributed by atoms with van der Waals surface area (Å²) >= 11 is 0. The second-order valence-corrected chi connectivity index (χ2v) is 7.27. The van der Waals surface area contributed by atoms with Gasteiger partial charge >= 0.3 is 7.12 Å². The highest BCUT2D eigenvalue weighted by molar-refractivity contribution is 6.61. The van der Waals surface area contributed by atoms with E-state index >= 15 is 0 Å². The van der Waals surface area contributed by atoms with Gasteiger partial charge in [-0.05, 0) is 76.8 Å². The standard InChI is InChI=1S/C19H32BFN2O2/c1-5-19(3,4)25-20(24-6-2)16-13-17(21)15-18(14-16)22-9-12-23-10-7-8-11-23/h13-15,22H,5-12H2,1-4H3. The Morgan fingerprint density at radius 3 is 2.56 bits per heavy atom. The number of rotatable bonds is 10. The van der Waals surface area contributed by atoms with Crippen LogP contribution < -0.4 is 10.8 Å². The number of nitrogens with zero attached hydrogens (tertiary/aromatic N) is 1. The number of nitrogens with one attached hydrogen (secondary N) is 1. The molecule has 1 fully saturated rings. The molecule has 0 unspecified atom stereocenters. The minimum Gasteiger partial charge on any atom is -0.408 e. The van der Waals surface area contributed by atoms with Gasteiger partial charge in [0.1, 0.15) is 5.82 Å². The van der Waals surface area contributed by atoms with Crippen LogP contribution in [-0.2, 0) is 9.31 Å². The molecule has 0 atom stereocenters. The molecule has 0 aliphatic carbocycles. The molecule has 1 heterocycles. The molecule has 0 radical (unpaired) electrons. The molecule has 1 N–H and O–H groups in total. The van der Waals surface area contributed by atoms with Gasteiger partial charge in [-0.15, -0.1) is 0 Å². The molecule has 2 rings (SSSR count). The SMILES string of the molecule is CCOB(OC(C)(C)CC)c1cc(F)cc(NCCN2CCCC2)c1. The van der Waals surface area contributed by atoms with E-state index in [4.69, 9.17) is 9.31 Å². The van der Waals surface area contributed by atoms with Crippen LogP contribution in [0.25, 0.3) is 0 Å². The van der Waals surface area contributed by atoms with Gasteiger partial charge in [0.15, 0.2) is 0 Å². The molecule has 1 aromatic carbocycles. The third-order valence-electron chi connectivity index (χ3n) is 4.74. The van der Waals surface area contributed by atoms with Crippen LogP contribution >= 0.6 is 0 Å². The average molecular weight is 350 g/mol.